The normalized spacial score (nSPS) is 15.0. The summed E-state index contributed by atoms with van der Waals surface area (Å²) in [4.78, 5) is 43.3. The van der Waals surface area contributed by atoms with E-state index in [1.54, 1.807) is 51.3 Å². The van der Waals surface area contributed by atoms with Crippen molar-refractivity contribution in [2.24, 2.45) is 4.99 Å². The van der Waals surface area contributed by atoms with Gasteiger partial charge < -0.3 is 18.9 Å². The van der Waals surface area contributed by atoms with Gasteiger partial charge in [0, 0.05) is 6.92 Å². The Labute approximate surface area is 230 Å². The molecule has 38 heavy (non-hydrogen) atoms. The number of hydrogen-bond donors (Lipinski definition) is 0. The maximum atomic E-state index is 13.8. The van der Waals surface area contributed by atoms with E-state index >= 15 is 0 Å². The number of aromatic nitrogens is 1. The quantitative estimate of drug-likeness (QED) is 0.302. The zero-order chi connectivity index (χ0) is 27.6. The van der Waals surface area contributed by atoms with E-state index in [1.807, 2.05) is 12.1 Å². The van der Waals surface area contributed by atoms with Gasteiger partial charge in [-0.05, 0) is 71.2 Å². The Bertz CT molecular complexity index is 1620. The summed E-state index contributed by atoms with van der Waals surface area (Å²) in [5.41, 5.74) is 1.81. The van der Waals surface area contributed by atoms with Gasteiger partial charge in [0.05, 0.1) is 47.1 Å². The van der Waals surface area contributed by atoms with Crippen LogP contribution in [0.5, 0.6) is 17.2 Å². The van der Waals surface area contributed by atoms with Crippen LogP contribution in [0.25, 0.3) is 6.08 Å². The summed E-state index contributed by atoms with van der Waals surface area (Å²) in [6, 6.07) is 9.83. The molecule has 1 unspecified atom stereocenters. The van der Waals surface area contributed by atoms with Crippen LogP contribution in [0.4, 0.5) is 0 Å². The molecule has 2 aromatic carbocycles. The maximum absolute atomic E-state index is 13.8. The predicted molar refractivity (Wildman–Crippen MR) is 145 cm³/mol. The van der Waals surface area contributed by atoms with E-state index in [9.17, 15) is 14.4 Å². The molecule has 0 saturated heterocycles. The molecule has 0 radical (unpaired) electrons. The minimum absolute atomic E-state index is 0.190. The van der Waals surface area contributed by atoms with Crippen LogP contribution < -0.4 is 29.1 Å². The molecule has 0 fully saturated rings. The molecule has 198 valence electrons. The van der Waals surface area contributed by atoms with Gasteiger partial charge in [0.2, 0.25) is 0 Å². The van der Waals surface area contributed by atoms with Gasteiger partial charge in [-0.2, -0.15) is 0 Å². The molecule has 1 aromatic heterocycles. The van der Waals surface area contributed by atoms with Crippen molar-refractivity contribution in [1.82, 2.24) is 4.57 Å². The molecule has 9 nitrogen and oxygen atoms in total. The number of benzene rings is 2. The summed E-state index contributed by atoms with van der Waals surface area (Å²) in [7, 11) is 3.03. The first-order chi connectivity index (χ1) is 18.2. The number of nitrogens with zero attached hydrogens (tertiary/aromatic N) is 2. The highest BCUT2D eigenvalue weighted by Crippen LogP contribution is 2.37. The highest BCUT2D eigenvalue weighted by Gasteiger charge is 2.33. The minimum atomic E-state index is -0.731. The number of esters is 2. The fraction of sp³-hybridized carbons (Fsp3) is 0.259. The van der Waals surface area contributed by atoms with E-state index in [0.29, 0.717) is 47.7 Å². The molecule has 2 heterocycles. The number of allylic oxidation sites excluding steroid dienone is 1. The Morgan fingerprint density at radius 3 is 2.47 bits per heavy atom. The molecule has 0 bridgehead atoms. The van der Waals surface area contributed by atoms with Crippen molar-refractivity contribution in [3.05, 3.63) is 83.0 Å². The topological polar surface area (TPSA) is 105 Å². The van der Waals surface area contributed by atoms with Crippen molar-refractivity contribution in [3.8, 4) is 17.2 Å². The Hall–Kier alpha value is -3.70. The average Bonchev–Trinajstić information content (AvgIpc) is 3.18. The number of halogens is 1. The van der Waals surface area contributed by atoms with Gasteiger partial charge in [0.1, 0.15) is 5.75 Å². The standard InChI is InChI=1S/C27H25BrN2O7S/c1-6-36-26(33)22-14(2)29-27-30(23(22)17-7-9-18(34-4)10-8-17)25(32)21(38-27)13-16-11-19(28)24(37-15(3)31)20(12-16)35-5/h7-13,23H,6H2,1-5H3/b21-13+. The lowest BCUT2D eigenvalue weighted by molar-refractivity contribution is -0.139. The molecule has 0 amide bonds. The van der Waals surface area contributed by atoms with E-state index in [2.05, 4.69) is 20.9 Å². The van der Waals surface area contributed by atoms with Gasteiger partial charge in [0.25, 0.3) is 5.56 Å². The van der Waals surface area contributed by atoms with Crippen molar-refractivity contribution in [2.75, 3.05) is 20.8 Å². The summed E-state index contributed by atoms with van der Waals surface area (Å²) in [5.74, 6) is 0.198. The van der Waals surface area contributed by atoms with Gasteiger partial charge in [-0.15, -0.1) is 0 Å². The maximum Gasteiger partial charge on any atom is 0.338 e. The van der Waals surface area contributed by atoms with Gasteiger partial charge >= 0.3 is 11.9 Å². The average molecular weight is 601 g/mol. The fourth-order valence-corrected chi connectivity index (χ4v) is 5.70. The van der Waals surface area contributed by atoms with Crippen molar-refractivity contribution in [1.29, 1.82) is 0 Å². The molecule has 1 aliphatic heterocycles. The summed E-state index contributed by atoms with van der Waals surface area (Å²) < 4.78 is 23.6. The van der Waals surface area contributed by atoms with Crippen molar-refractivity contribution < 1.29 is 28.5 Å². The Kier molecular flexibility index (Phi) is 8.17. The number of ether oxygens (including phenoxy) is 4. The van der Waals surface area contributed by atoms with Gasteiger partial charge in [-0.3, -0.25) is 14.2 Å². The van der Waals surface area contributed by atoms with Crippen LogP contribution >= 0.6 is 27.3 Å². The fourth-order valence-electron chi connectivity index (χ4n) is 4.11. The third-order valence-corrected chi connectivity index (χ3v) is 7.32. The van der Waals surface area contributed by atoms with E-state index in [1.165, 1.54) is 29.9 Å². The summed E-state index contributed by atoms with van der Waals surface area (Å²) in [6.07, 6.45) is 1.70. The molecular weight excluding hydrogens is 576 g/mol. The molecule has 0 spiro atoms. The molecule has 0 saturated carbocycles. The van der Waals surface area contributed by atoms with Crippen LogP contribution in [-0.4, -0.2) is 37.3 Å². The summed E-state index contributed by atoms with van der Waals surface area (Å²) in [5, 5.41) is 0. The first kappa shape index (κ1) is 27.3. The molecular formula is C27H25BrN2O7S. The SMILES string of the molecule is CCOC(=O)C1=C(C)N=c2s/c(=C/c3cc(Br)c(OC(C)=O)c(OC)c3)c(=O)n2C1c1ccc(OC)cc1. The monoisotopic (exact) mass is 600 g/mol. The van der Waals surface area contributed by atoms with E-state index < -0.39 is 18.0 Å². The molecule has 1 aliphatic rings. The second-order valence-electron chi connectivity index (χ2n) is 8.20. The Morgan fingerprint density at radius 2 is 1.87 bits per heavy atom. The largest absolute Gasteiger partial charge is 0.497 e. The highest BCUT2D eigenvalue weighted by molar-refractivity contribution is 9.10. The third-order valence-electron chi connectivity index (χ3n) is 5.74. The number of thiazole rings is 1. The number of hydrogen-bond acceptors (Lipinski definition) is 9. The van der Waals surface area contributed by atoms with E-state index in [0.717, 1.165) is 0 Å². The van der Waals surface area contributed by atoms with Crippen molar-refractivity contribution in [3.63, 3.8) is 0 Å². The van der Waals surface area contributed by atoms with Crippen LogP contribution in [0.3, 0.4) is 0 Å². The molecule has 4 rings (SSSR count). The van der Waals surface area contributed by atoms with E-state index in [-0.39, 0.29) is 17.9 Å². The number of methoxy groups -OCH3 is 2. The molecule has 1 atom stereocenters. The van der Waals surface area contributed by atoms with Gasteiger partial charge in [-0.25, -0.2) is 9.79 Å². The van der Waals surface area contributed by atoms with Gasteiger partial charge in [0.15, 0.2) is 16.3 Å². The molecule has 0 N–H and O–H groups in total. The van der Waals surface area contributed by atoms with Crippen LogP contribution in [0.1, 0.15) is 37.9 Å². The minimum Gasteiger partial charge on any atom is -0.497 e. The van der Waals surface area contributed by atoms with Crippen LogP contribution in [-0.2, 0) is 14.3 Å². The summed E-state index contributed by atoms with van der Waals surface area (Å²) >= 11 is 4.61. The lowest BCUT2D eigenvalue weighted by atomic mass is 9.96. The zero-order valence-electron chi connectivity index (χ0n) is 21.4. The van der Waals surface area contributed by atoms with Crippen LogP contribution in [0.15, 0.2) is 61.9 Å². The predicted octanol–water partition coefficient (Wildman–Crippen LogP) is 3.50. The van der Waals surface area contributed by atoms with Crippen LogP contribution in [0.2, 0.25) is 0 Å². The summed E-state index contributed by atoms with van der Waals surface area (Å²) in [6.45, 7) is 4.95. The lowest BCUT2D eigenvalue weighted by Gasteiger charge is -2.24. The first-order valence-corrected chi connectivity index (χ1v) is 13.2. The highest BCUT2D eigenvalue weighted by atomic mass is 79.9. The Morgan fingerprint density at radius 1 is 1.16 bits per heavy atom. The zero-order valence-corrected chi connectivity index (χ0v) is 23.8. The molecule has 11 heteroatoms. The Balaban J connectivity index is 1.91. The number of fused-ring (bicyclic) bond motifs is 1. The van der Waals surface area contributed by atoms with Gasteiger partial charge in [-0.1, -0.05) is 23.5 Å². The number of carbonyl (C=O) groups excluding carboxylic acids is 2. The second-order valence-corrected chi connectivity index (χ2v) is 10.1. The number of carbonyl (C=O) groups is 2. The van der Waals surface area contributed by atoms with Crippen molar-refractivity contribution >= 4 is 45.3 Å². The third kappa shape index (κ3) is 5.30. The number of rotatable bonds is 7. The molecule has 3 aromatic rings. The molecule has 0 aliphatic carbocycles. The second kappa shape index (κ2) is 11.4. The smallest absolute Gasteiger partial charge is 0.338 e. The van der Waals surface area contributed by atoms with Crippen LogP contribution in [0, 0.1) is 0 Å². The first-order valence-electron chi connectivity index (χ1n) is 11.6. The lowest BCUT2D eigenvalue weighted by Crippen LogP contribution is -2.39. The van der Waals surface area contributed by atoms with Crippen molar-refractivity contribution in [2.45, 2.75) is 26.8 Å². The van der Waals surface area contributed by atoms with E-state index in [4.69, 9.17) is 18.9 Å².